The maximum atomic E-state index is 12.3. The van der Waals surface area contributed by atoms with Crippen molar-refractivity contribution < 1.29 is 9.59 Å². The van der Waals surface area contributed by atoms with Gasteiger partial charge < -0.3 is 10.6 Å². The zero-order valence-electron chi connectivity index (χ0n) is 15.8. The third kappa shape index (κ3) is 6.95. The number of nitrogens with zero attached hydrogens (tertiary/aromatic N) is 1. The smallest absolute Gasteiger partial charge is 0.251 e. The Kier molecular flexibility index (Phi) is 7.57. The number of rotatable bonds is 8. The average molecular weight is 363 g/mol. The Morgan fingerprint density at radius 1 is 0.889 bits per heavy atom. The molecule has 0 aliphatic carbocycles. The fraction of sp³-hybridized carbons (Fsp3) is 0.318. The van der Waals surface area contributed by atoms with E-state index in [9.17, 15) is 9.59 Å². The Morgan fingerprint density at radius 2 is 1.41 bits per heavy atom. The molecule has 0 aliphatic rings. The van der Waals surface area contributed by atoms with E-state index in [4.69, 9.17) is 5.26 Å². The van der Waals surface area contributed by atoms with Crippen LogP contribution in [0, 0.1) is 17.2 Å². The number of amides is 2. The van der Waals surface area contributed by atoms with Gasteiger partial charge in [0.1, 0.15) is 0 Å². The number of hydrogen-bond acceptors (Lipinski definition) is 3. The second kappa shape index (κ2) is 10.1. The maximum Gasteiger partial charge on any atom is 0.251 e. The molecule has 0 unspecified atom stereocenters. The van der Waals surface area contributed by atoms with Crippen LogP contribution in [0.5, 0.6) is 0 Å². The number of nitrogens with one attached hydrogen (secondary N) is 2. The van der Waals surface area contributed by atoms with Crippen molar-refractivity contribution in [1.82, 2.24) is 10.6 Å². The fourth-order valence-electron chi connectivity index (χ4n) is 2.57. The van der Waals surface area contributed by atoms with E-state index in [1.807, 2.05) is 50.2 Å². The lowest BCUT2D eigenvalue weighted by atomic mass is 10.1. The van der Waals surface area contributed by atoms with Crippen LogP contribution in [-0.2, 0) is 24.3 Å². The summed E-state index contributed by atoms with van der Waals surface area (Å²) < 4.78 is 0. The van der Waals surface area contributed by atoms with E-state index in [0.29, 0.717) is 37.4 Å². The summed E-state index contributed by atoms with van der Waals surface area (Å²) in [6, 6.07) is 16.9. The van der Waals surface area contributed by atoms with Crippen molar-refractivity contribution in [1.29, 1.82) is 5.26 Å². The molecule has 0 atom stereocenters. The summed E-state index contributed by atoms with van der Waals surface area (Å²) in [6.07, 6.45) is 0.898. The normalized spacial score (nSPS) is 10.3. The molecule has 5 nitrogen and oxygen atoms in total. The molecule has 2 N–H and O–H groups in total. The first kappa shape index (κ1) is 20.2. The monoisotopic (exact) mass is 363 g/mol. The highest BCUT2D eigenvalue weighted by atomic mass is 16.2. The van der Waals surface area contributed by atoms with Crippen LogP contribution in [0.3, 0.4) is 0 Å². The number of hydrogen-bond donors (Lipinski definition) is 2. The van der Waals surface area contributed by atoms with Gasteiger partial charge in [-0.2, -0.15) is 5.26 Å². The third-order valence-corrected chi connectivity index (χ3v) is 4.06. The molecule has 0 bridgehead atoms. The van der Waals surface area contributed by atoms with Gasteiger partial charge in [0.2, 0.25) is 5.91 Å². The maximum absolute atomic E-state index is 12.3. The van der Waals surface area contributed by atoms with Gasteiger partial charge in [-0.05, 0) is 34.7 Å². The van der Waals surface area contributed by atoms with E-state index in [1.54, 1.807) is 12.1 Å². The van der Waals surface area contributed by atoms with Gasteiger partial charge in [-0.3, -0.25) is 9.59 Å². The van der Waals surface area contributed by atoms with Gasteiger partial charge in [0.15, 0.2) is 0 Å². The van der Waals surface area contributed by atoms with Crippen molar-refractivity contribution in [3.05, 3.63) is 70.8 Å². The van der Waals surface area contributed by atoms with Crippen LogP contribution in [0.25, 0.3) is 0 Å². The lowest BCUT2D eigenvalue weighted by Gasteiger charge is -2.09. The van der Waals surface area contributed by atoms with Crippen LogP contribution >= 0.6 is 0 Å². The SMILES string of the molecule is CC(C)CC(=O)NCc1ccc(C(=O)NCc2ccc(CC#N)cc2)cc1. The van der Waals surface area contributed by atoms with Gasteiger partial charge in [0.05, 0.1) is 12.5 Å². The molecule has 2 aromatic rings. The summed E-state index contributed by atoms with van der Waals surface area (Å²) in [6.45, 7) is 4.91. The second-order valence-corrected chi connectivity index (χ2v) is 6.91. The molecule has 5 heteroatoms. The van der Waals surface area contributed by atoms with Gasteiger partial charge in [-0.25, -0.2) is 0 Å². The Morgan fingerprint density at radius 3 is 1.96 bits per heavy atom. The number of nitriles is 1. The molecule has 0 heterocycles. The lowest BCUT2D eigenvalue weighted by Crippen LogP contribution is -2.24. The molecule has 2 amide bonds. The van der Waals surface area contributed by atoms with Crippen molar-refractivity contribution in [2.45, 2.75) is 39.8 Å². The Balaban J connectivity index is 1.82. The molecule has 0 fully saturated rings. The molecule has 0 saturated carbocycles. The summed E-state index contributed by atoms with van der Waals surface area (Å²) in [4.78, 5) is 24.0. The minimum atomic E-state index is -0.147. The molecule has 0 radical (unpaired) electrons. The number of carbonyl (C=O) groups is 2. The standard InChI is InChI=1S/C22H25N3O2/c1-16(2)13-21(26)24-14-19-7-9-20(10-8-19)22(27)25-15-18-5-3-17(4-6-18)11-12-23/h3-10,16H,11,13-15H2,1-2H3,(H,24,26)(H,25,27). The highest BCUT2D eigenvalue weighted by Gasteiger charge is 2.07. The molecule has 2 aromatic carbocycles. The topological polar surface area (TPSA) is 82.0 Å². The van der Waals surface area contributed by atoms with Gasteiger partial charge in [-0.15, -0.1) is 0 Å². The van der Waals surface area contributed by atoms with E-state index in [1.165, 1.54) is 0 Å². The molecular formula is C22H25N3O2. The van der Waals surface area contributed by atoms with E-state index < -0.39 is 0 Å². The zero-order valence-corrected chi connectivity index (χ0v) is 15.8. The second-order valence-electron chi connectivity index (χ2n) is 6.91. The molecule has 27 heavy (non-hydrogen) atoms. The van der Waals surface area contributed by atoms with E-state index in [0.717, 1.165) is 16.7 Å². The third-order valence-electron chi connectivity index (χ3n) is 4.06. The Hall–Kier alpha value is -3.13. The van der Waals surface area contributed by atoms with Crippen LogP contribution in [0.2, 0.25) is 0 Å². The number of carbonyl (C=O) groups excluding carboxylic acids is 2. The average Bonchev–Trinajstić information content (AvgIpc) is 2.66. The molecule has 0 aromatic heterocycles. The molecule has 140 valence electrons. The molecule has 0 saturated heterocycles. The van der Waals surface area contributed by atoms with Crippen LogP contribution < -0.4 is 10.6 Å². The molecular weight excluding hydrogens is 338 g/mol. The highest BCUT2D eigenvalue weighted by molar-refractivity contribution is 5.94. The van der Waals surface area contributed by atoms with Crippen LogP contribution in [0.1, 0.15) is 47.3 Å². The summed E-state index contributed by atoms with van der Waals surface area (Å²) in [5, 5.41) is 14.4. The van der Waals surface area contributed by atoms with Gasteiger partial charge in [-0.1, -0.05) is 50.2 Å². The number of benzene rings is 2. The predicted octanol–water partition coefficient (Wildman–Crippen LogP) is 3.34. The van der Waals surface area contributed by atoms with Crippen molar-refractivity contribution in [2.75, 3.05) is 0 Å². The lowest BCUT2D eigenvalue weighted by molar-refractivity contribution is -0.121. The van der Waals surface area contributed by atoms with Crippen LogP contribution in [0.15, 0.2) is 48.5 Å². The molecule has 0 aliphatic heterocycles. The molecule has 0 spiro atoms. The largest absolute Gasteiger partial charge is 0.352 e. The molecule has 2 rings (SSSR count). The minimum absolute atomic E-state index is 0.0348. The van der Waals surface area contributed by atoms with Crippen molar-refractivity contribution in [3.63, 3.8) is 0 Å². The summed E-state index contributed by atoms with van der Waals surface area (Å²) in [5.74, 6) is 0.220. The first-order chi connectivity index (χ1) is 13.0. The quantitative estimate of drug-likeness (QED) is 0.754. The first-order valence-corrected chi connectivity index (χ1v) is 9.06. The fourth-order valence-corrected chi connectivity index (χ4v) is 2.57. The summed E-state index contributed by atoms with van der Waals surface area (Å²) >= 11 is 0. The van der Waals surface area contributed by atoms with Crippen molar-refractivity contribution >= 4 is 11.8 Å². The van der Waals surface area contributed by atoms with Crippen LogP contribution in [0.4, 0.5) is 0 Å². The highest BCUT2D eigenvalue weighted by Crippen LogP contribution is 2.08. The Labute approximate surface area is 160 Å². The first-order valence-electron chi connectivity index (χ1n) is 9.06. The van der Waals surface area contributed by atoms with Crippen molar-refractivity contribution in [2.24, 2.45) is 5.92 Å². The summed E-state index contributed by atoms with van der Waals surface area (Å²) in [5.41, 5.74) is 3.48. The Bertz CT molecular complexity index is 803. The van der Waals surface area contributed by atoms with Crippen LogP contribution in [-0.4, -0.2) is 11.8 Å². The van der Waals surface area contributed by atoms with Crippen molar-refractivity contribution in [3.8, 4) is 6.07 Å². The van der Waals surface area contributed by atoms with E-state index in [-0.39, 0.29) is 11.8 Å². The van der Waals surface area contributed by atoms with E-state index >= 15 is 0 Å². The van der Waals surface area contributed by atoms with E-state index in [2.05, 4.69) is 16.7 Å². The van der Waals surface area contributed by atoms with Gasteiger partial charge in [0.25, 0.3) is 5.91 Å². The predicted molar refractivity (Wildman–Crippen MR) is 105 cm³/mol. The van der Waals surface area contributed by atoms with Gasteiger partial charge >= 0.3 is 0 Å². The zero-order chi connectivity index (χ0) is 19.6. The van der Waals surface area contributed by atoms with Gasteiger partial charge in [0, 0.05) is 25.1 Å². The minimum Gasteiger partial charge on any atom is -0.352 e. The summed E-state index contributed by atoms with van der Waals surface area (Å²) in [7, 11) is 0.